The summed E-state index contributed by atoms with van der Waals surface area (Å²) in [6, 6.07) is 0.358. The second-order valence-electron chi connectivity index (χ2n) is 3.49. The summed E-state index contributed by atoms with van der Waals surface area (Å²) in [6.07, 6.45) is 1.88. The molecule has 0 saturated carbocycles. The van der Waals surface area contributed by atoms with Gasteiger partial charge in [0.2, 0.25) is 0 Å². The fraction of sp³-hybridized carbons (Fsp3) is 0.889. The zero-order valence-corrected chi connectivity index (χ0v) is 8.30. The van der Waals surface area contributed by atoms with Crippen LogP contribution in [0, 0.1) is 0 Å². The van der Waals surface area contributed by atoms with E-state index < -0.39 is 0 Å². The Morgan fingerprint density at radius 3 is 3.00 bits per heavy atom. The van der Waals surface area contributed by atoms with Crippen molar-refractivity contribution >= 4 is 6.03 Å². The average molecular weight is 186 g/mol. The molecule has 0 spiro atoms. The molecule has 2 unspecified atom stereocenters. The Morgan fingerprint density at radius 2 is 2.46 bits per heavy atom. The van der Waals surface area contributed by atoms with E-state index >= 15 is 0 Å². The average Bonchev–Trinajstić information content (AvgIpc) is 2.56. The molecule has 0 aliphatic carbocycles. The SMILES string of the molecule is CCC(C)NC(=O)NC1CCOC1. The zero-order chi connectivity index (χ0) is 9.68. The molecule has 4 nitrogen and oxygen atoms in total. The Labute approximate surface area is 79.0 Å². The van der Waals surface area contributed by atoms with E-state index in [1.165, 1.54) is 0 Å². The zero-order valence-electron chi connectivity index (χ0n) is 8.30. The van der Waals surface area contributed by atoms with Crippen molar-refractivity contribution in [2.24, 2.45) is 0 Å². The van der Waals surface area contributed by atoms with Crippen molar-refractivity contribution in [1.29, 1.82) is 0 Å². The minimum Gasteiger partial charge on any atom is -0.379 e. The Morgan fingerprint density at radius 1 is 1.69 bits per heavy atom. The van der Waals surface area contributed by atoms with Crippen LogP contribution < -0.4 is 10.6 Å². The molecule has 4 heteroatoms. The molecule has 1 aliphatic rings. The van der Waals surface area contributed by atoms with E-state index in [4.69, 9.17) is 4.74 Å². The van der Waals surface area contributed by atoms with Gasteiger partial charge in [0.1, 0.15) is 0 Å². The van der Waals surface area contributed by atoms with Gasteiger partial charge in [0.05, 0.1) is 12.6 Å². The number of ether oxygens (including phenoxy) is 1. The summed E-state index contributed by atoms with van der Waals surface area (Å²) in [5, 5.41) is 5.72. The largest absolute Gasteiger partial charge is 0.379 e. The number of hydrogen-bond donors (Lipinski definition) is 2. The van der Waals surface area contributed by atoms with Crippen molar-refractivity contribution in [3.63, 3.8) is 0 Å². The van der Waals surface area contributed by atoms with Gasteiger partial charge in [0.25, 0.3) is 0 Å². The van der Waals surface area contributed by atoms with Crippen molar-refractivity contribution in [2.75, 3.05) is 13.2 Å². The third-order valence-corrected chi connectivity index (χ3v) is 2.25. The van der Waals surface area contributed by atoms with Crippen molar-refractivity contribution in [3.8, 4) is 0 Å². The summed E-state index contributed by atoms with van der Waals surface area (Å²) in [5.41, 5.74) is 0. The van der Waals surface area contributed by atoms with Crippen molar-refractivity contribution in [1.82, 2.24) is 10.6 Å². The van der Waals surface area contributed by atoms with Gasteiger partial charge in [0, 0.05) is 12.6 Å². The molecule has 1 heterocycles. The number of carbonyl (C=O) groups excluding carboxylic acids is 1. The first-order valence-corrected chi connectivity index (χ1v) is 4.87. The summed E-state index contributed by atoms with van der Waals surface area (Å²) >= 11 is 0. The van der Waals surface area contributed by atoms with E-state index in [2.05, 4.69) is 10.6 Å². The third kappa shape index (κ3) is 3.63. The maximum atomic E-state index is 11.3. The molecule has 2 amide bonds. The highest BCUT2D eigenvalue weighted by molar-refractivity contribution is 5.74. The highest BCUT2D eigenvalue weighted by Gasteiger charge is 2.17. The number of amides is 2. The van der Waals surface area contributed by atoms with Crippen LogP contribution in [0.15, 0.2) is 0 Å². The van der Waals surface area contributed by atoms with Crippen LogP contribution in [0.1, 0.15) is 26.7 Å². The number of urea groups is 1. The van der Waals surface area contributed by atoms with Crippen molar-refractivity contribution in [2.45, 2.75) is 38.8 Å². The lowest BCUT2D eigenvalue weighted by Crippen LogP contribution is -2.45. The maximum Gasteiger partial charge on any atom is 0.315 e. The third-order valence-electron chi connectivity index (χ3n) is 2.25. The lowest BCUT2D eigenvalue weighted by atomic mass is 10.2. The predicted octanol–water partition coefficient (Wildman–Crippen LogP) is 0.873. The highest BCUT2D eigenvalue weighted by Crippen LogP contribution is 2.02. The molecule has 0 bridgehead atoms. The van der Waals surface area contributed by atoms with E-state index in [0.717, 1.165) is 19.4 Å². The van der Waals surface area contributed by atoms with Crippen LogP contribution in [0.25, 0.3) is 0 Å². The van der Waals surface area contributed by atoms with Gasteiger partial charge in [-0.3, -0.25) is 0 Å². The Hall–Kier alpha value is -0.770. The van der Waals surface area contributed by atoms with Crippen LogP contribution in [0.3, 0.4) is 0 Å². The minimum absolute atomic E-state index is 0.0788. The Kier molecular flexibility index (Phi) is 4.02. The van der Waals surface area contributed by atoms with Gasteiger partial charge in [-0.05, 0) is 19.8 Å². The molecule has 13 heavy (non-hydrogen) atoms. The molecule has 0 radical (unpaired) electrons. The minimum atomic E-state index is -0.0788. The smallest absolute Gasteiger partial charge is 0.315 e. The molecule has 76 valence electrons. The molecule has 1 aliphatic heterocycles. The molecule has 1 rings (SSSR count). The maximum absolute atomic E-state index is 11.3. The van der Waals surface area contributed by atoms with Gasteiger partial charge in [-0.1, -0.05) is 6.92 Å². The summed E-state index contributed by atoms with van der Waals surface area (Å²) in [4.78, 5) is 11.3. The summed E-state index contributed by atoms with van der Waals surface area (Å²) in [5.74, 6) is 0. The van der Waals surface area contributed by atoms with Gasteiger partial charge >= 0.3 is 6.03 Å². The quantitative estimate of drug-likeness (QED) is 0.687. The van der Waals surface area contributed by atoms with E-state index in [-0.39, 0.29) is 18.1 Å². The summed E-state index contributed by atoms with van der Waals surface area (Å²) < 4.78 is 5.15. The van der Waals surface area contributed by atoms with Crippen LogP contribution >= 0.6 is 0 Å². The normalized spacial score (nSPS) is 24.0. The number of hydrogen-bond acceptors (Lipinski definition) is 2. The number of rotatable bonds is 3. The van der Waals surface area contributed by atoms with Gasteiger partial charge in [0.15, 0.2) is 0 Å². The van der Waals surface area contributed by atoms with Crippen LogP contribution in [0.5, 0.6) is 0 Å². The first-order valence-electron chi connectivity index (χ1n) is 4.87. The van der Waals surface area contributed by atoms with Crippen LogP contribution in [-0.2, 0) is 4.74 Å². The standard InChI is InChI=1S/C9H18N2O2/c1-3-7(2)10-9(12)11-8-4-5-13-6-8/h7-8H,3-6H2,1-2H3,(H2,10,11,12). The van der Waals surface area contributed by atoms with Crippen LogP contribution in [-0.4, -0.2) is 31.3 Å². The fourth-order valence-corrected chi connectivity index (χ4v) is 1.20. The Bertz CT molecular complexity index is 167. The second-order valence-corrected chi connectivity index (χ2v) is 3.49. The highest BCUT2D eigenvalue weighted by atomic mass is 16.5. The van der Waals surface area contributed by atoms with E-state index in [1.54, 1.807) is 0 Å². The first kappa shape index (κ1) is 10.3. The van der Waals surface area contributed by atoms with Crippen LogP contribution in [0.4, 0.5) is 4.79 Å². The lowest BCUT2D eigenvalue weighted by Gasteiger charge is -2.15. The first-order chi connectivity index (χ1) is 6.22. The fourth-order valence-electron chi connectivity index (χ4n) is 1.20. The predicted molar refractivity (Wildman–Crippen MR) is 50.6 cm³/mol. The number of nitrogens with one attached hydrogen (secondary N) is 2. The molecule has 1 saturated heterocycles. The van der Waals surface area contributed by atoms with E-state index in [0.29, 0.717) is 6.61 Å². The van der Waals surface area contributed by atoms with E-state index in [1.807, 2.05) is 13.8 Å². The molecule has 1 fully saturated rings. The number of carbonyl (C=O) groups is 1. The summed E-state index contributed by atoms with van der Waals surface area (Å²) in [6.45, 7) is 5.44. The molecule has 2 atom stereocenters. The Balaban J connectivity index is 2.16. The molecule has 0 aromatic heterocycles. The van der Waals surface area contributed by atoms with E-state index in [9.17, 15) is 4.79 Å². The molecule has 0 aromatic carbocycles. The van der Waals surface area contributed by atoms with Gasteiger partial charge < -0.3 is 15.4 Å². The van der Waals surface area contributed by atoms with Crippen molar-refractivity contribution in [3.05, 3.63) is 0 Å². The van der Waals surface area contributed by atoms with Crippen molar-refractivity contribution < 1.29 is 9.53 Å². The second kappa shape index (κ2) is 5.07. The molecule has 2 N–H and O–H groups in total. The topological polar surface area (TPSA) is 50.4 Å². The molecular formula is C9H18N2O2. The van der Waals surface area contributed by atoms with Crippen LogP contribution in [0.2, 0.25) is 0 Å². The lowest BCUT2D eigenvalue weighted by molar-refractivity contribution is 0.188. The monoisotopic (exact) mass is 186 g/mol. The van der Waals surface area contributed by atoms with Gasteiger partial charge in [-0.2, -0.15) is 0 Å². The molecular weight excluding hydrogens is 168 g/mol. The van der Waals surface area contributed by atoms with Gasteiger partial charge in [-0.25, -0.2) is 4.79 Å². The van der Waals surface area contributed by atoms with Gasteiger partial charge in [-0.15, -0.1) is 0 Å². The summed E-state index contributed by atoms with van der Waals surface area (Å²) in [7, 11) is 0. The molecule has 0 aromatic rings.